The maximum absolute atomic E-state index is 10.9. The van der Waals surface area contributed by atoms with E-state index in [-0.39, 0.29) is 9.92 Å². The van der Waals surface area contributed by atoms with Crippen molar-refractivity contribution in [1.82, 2.24) is 10.2 Å². The summed E-state index contributed by atoms with van der Waals surface area (Å²) in [6, 6.07) is 1.81. The minimum Gasteiger partial charge on any atom is -0.360 e. The van der Waals surface area contributed by atoms with Gasteiger partial charge in [0.2, 0.25) is 5.13 Å². The van der Waals surface area contributed by atoms with Gasteiger partial charge < -0.3 is 5.32 Å². The highest BCUT2D eigenvalue weighted by atomic mass is 32.2. The number of hydrogen-bond donors (Lipinski definition) is 1. The number of thiophene rings is 1. The van der Waals surface area contributed by atoms with Crippen LogP contribution >= 0.6 is 34.4 Å². The second-order valence-electron chi connectivity index (χ2n) is 3.29. The molecule has 9 heteroatoms. The summed E-state index contributed by atoms with van der Waals surface area (Å²) in [5, 5.41) is 22.8. The highest BCUT2D eigenvalue weighted by Crippen LogP contribution is 2.41. The van der Waals surface area contributed by atoms with Crippen LogP contribution in [-0.2, 0) is 0 Å². The second kappa shape index (κ2) is 5.63. The monoisotopic (exact) mass is 302 g/mol. The van der Waals surface area contributed by atoms with E-state index >= 15 is 0 Å². The summed E-state index contributed by atoms with van der Waals surface area (Å²) in [6.45, 7) is 4.60. The van der Waals surface area contributed by atoms with Gasteiger partial charge in [-0.25, -0.2) is 0 Å². The molecule has 18 heavy (non-hydrogen) atoms. The van der Waals surface area contributed by atoms with Gasteiger partial charge in [-0.2, -0.15) is 0 Å². The van der Waals surface area contributed by atoms with Gasteiger partial charge >= 0.3 is 5.00 Å². The standard InChI is InChI=1S/C9H10N4O2S3/c1-3-10-8-11-12-9(18-8)17-6-4-5(2)16-7(6)13(14)15/h4H,3H2,1-2H3,(H,10,11). The van der Waals surface area contributed by atoms with E-state index in [0.29, 0.717) is 9.24 Å². The Balaban J connectivity index is 2.19. The number of anilines is 1. The molecule has 1 N–H and O–H groups in total. The summed E-state index contributed by atoms with van der Waals surface area (Å²) < 4.78 is 0.701. The second-order valence-corrected chi connectivity index (χ2v) is 6.79. The topological polar surface area (TPSA) is 81.0 Å². The molecule has 2 aromatic rings. The molecule has 96 valence electrons. The predicted molar refractivity (Wildman–Crippen MR) is 73.9 cm³/mol. The van der Waals surface area contributed by atoms with E-state index in [1.165, 1.54) is 34.4 Å². The van der Waals surface area contributed by atoms with E-state index in [1.54, 1.807) is 0 Å². The Morgan fingerprint density at radius 3 is 2.94 bits per heavy atom. The Bertz CT molecular complexity index is 566. The van der Waals surface area contributed by atoms with E-state index in [9.17, 15) is 10.1 Å². The van der Waals surface area contributed by atoms with Gasteiger partial charge in [0.25, 0.3) is 0 Å². The first-order valence-electron chi connectivity index (χ1n) is 5.10. The van der Waals surface area contributed by atoms with E-state index < -0.39 is 0 Å². The zero-order chi connectivity index (χ0) is 13.1. The molecule has 0 aliphatic carbocycles. The van der Waals surface area contributed by atoms with Crippen molar-refractivity contribution in [2.24, 2.45) is 0 Å². The average molecular weight is 302 g/mol. The van der Waals surface area contributed by atoms with Crippen LogP contribution in [0.3, 0.4) is 0 Å². The average Bonchev–Trinajstić information content (AvgIpc) is 2.87. The highest BCUT2D eigenvalue weighted by Gasteiger charge is 2.20. The Labute approximate surface area is 116 Å². The van der Waals surface area contributed by atoms with Crippen molar-refractivity contribution in [3.63, 3.8) is 0 Å². The van der Waals surface area contributed by atoms with Crippen molar-refractivity contribution in [1.29, 1.82) is 0 Å². The first-order chi connectivity index (χ1) is 8.60. The lowest BCUT2D eigenvalue weighted by Crippen LogP contribution is -1.94. The number of nitro groups is 1. The summed E-state index contributed by atoms with van der Waals surface area (Å²) in [6.07, 6.45) is 0. The van der Waals surface area contributed by atoms with Crippen molar-refractivity contribution >= 4 is 44.6 Å². The van der Waals surface area contributed by atoms with Crippen LogP contribution in [0.15, 0.2) is 15.3 Å². The SMILES string of the molecule is CCNc1nnc(Sc2cc(C)sc2[N+](=O)[O-])s1. The first-order valence-corrected chi connectivity index (χ1v) is 7.55. The molecule has 2 heterocycles. The van der Waals surface area contributed by atoms with Crippen LogP contribution in [0.1, 0.15) is 11.8 Å². The van der Waals surface area contributed by atoms with E-state index in [4.69, 9.17) is 0 Å². The van der Waals surface area contributed by atoms with Crippen molar-refractivity contribution < 1.29 is 4.92 Å². The minimum atomic E-state index is -0.355. The lowest BCUT2D eigenvalue weighted by atomic mass is 10.5. The fourth-order valence-electron chi connectivity index (χ4n) is 1.25. The van der Waals surface area contributed by atoms with Gasteiger partial charge in [-0.1, -0.05) is 22.7 Å². The van der Waals surface area contributed by atoms with Gasteiger partial charge in [-0.15, -0.1) is 10.2 Å². The molecular formula is C9H10N4O2S3. The Morgan fingerprint density at radius 1 is 1.50 bits per heavy atom. The lowest BCUT2D eigenvalue weighted by Gasteiger charge is -1.93. The van der Waals surface area contributed by atoms with Crippen LogP contribution in [0.25, 0.3) is 0 Å². The molecular weight excluding hydrogens is 292 g/mol. The number of rotatable bonds is 5. The molecule has 0 aliphatic heterocycles. The maximum Gasteiger partial charge on any atom is 0.338 e. The molecule has 0 saturated heterocycles. The summed E-state index contributed by atoms with van der Waals surface area (Å²) in [4.78, 5) is 12.1. The Hall–Kier alpha value is -1.19. The third kappa shape index (κ3) is 2.98. The Morgan fingerprint density at radius 2 is 2.28 bits per heavy atom. The predicted octanol–water partition coefficient (Wildman–Crippen LogP) is 3.40. The molecule has 6 nitrogen and oxygen atoms in total. The number of nitrogens with one attached hydrogen (secondary N) is 1. The quantitative estimate of drug-likeness (QED) is 0.673. The van der Waals surface area contributed by atoms with Crippen molar-refractivity contribution in [2.45, 2.75) is 23.1 Å². The highest BCUT2D eigenvalue weighted by molar-refractivity contribution is 8.01. The molecule has 0 fully saturated rings. The largest absolute Gasteiger partial charge is 0.360 e. The number of hydrogen-bond acceptors (Lipinski definition) is 8. The van der Waals surface area contributed by atoms with Gasteiger partial charge in [0.15, 0.2) is 4.34 Å². The van der Waals surface area contributed by atoms with Crippen LogP contribution in [0.4, 0.5) is 10.1 Å². The van der Waals surface area contributed by atoms with Gasteiger partial charge in [0.1, 0.15) is 4.90 Å². The number of nitrogens with zero attached hydrogens (tertiary/aromatic N) is 3. The summed E-state index contributed by atoms with van der Waals surface area (Å²) >= 11 is 3.86. The normalized spacial score (nSPS) is 10.6. The van der Waals surface area contributed by atoms with E-state index in [2.05, 4.69) is 15.5 Å². The van der Waals surface area contributed by atoms with Gasteiger partial charge in [0, 0.05) is 11.4 Å². The number of aromatic nitrogens is 2. The summed E-state index contributed by atoms with van der Waals surface area (Å²) in [5.74, 6) is 0. The van der Waals surface area contributed by atoms with Gasteiger partial charge in [-0.05, 0) is 31.7 Å². The maximum atomic E-state index is 10.9. The lowest BCUT2D eigenvalue weighted by molar-refractivity contribution is -0.382. The van der Waals surface area contributed by atoms with Crippen LogP contribution in [-0.4, -0.2) is 21.7 Å². The smallest absolute Gasteiger partial charge is 0.338 e. The number of aryl methyl sites for hydroxylation is 1. The molecule has 0 aliphatic rings. The fourth-order valence-corrected chi connectivity index (χ4v) is 4.17. The van der Waals surface area contributed by atoms with Crippen LogP contribution in [0, 0.1) is 17.0 Å². The molecule has 0 saturated carbocycles. The van der Waals surface area contributed by atoms with E-state index in [0.717, 1.165) is 16.6 Å². The zero-order valence-corrected chi connectivity index (χ0v) is 12.1. The van der Waals surface area contributed by atoms with Crippen molar-refractivity contribution in [3.05, 3.63) is 21.1 Å². The van der Waals surface area contributed by atoms with Crippen LogP contribution in [0.5, 0.6) is 0 Å². The van der Waals surface area contributed by atoms with Crippen LogP contribution < -0.4 is 5.32 Å². The summed E-state index contributed by atoms with van der Waals surface area (Å²) in [5.41, 5.74) is 0. The first kappa shape index (κ1) is 13.2. The Kier molecular flexibility index (Phi) is 4.15. The van der Waals surface area contributed by atoms with E-state index in [1.807, 2.05) is 19.9 Å². The van der Waals surface area contributed by atoms with Crippen LogP contribution in [0.2, 0.25) is 0 Å². The van der Waals surface area contributed by atoms with Crippen molar-refractivity contribution in [2.75, 3.05) is 11.9 Å². The van der Waals surface area contributed by atoms with Gasteiger partial charge in [0.05, 0.1) is 4.92 Å². The molecule has 0 aromatic carbocycles. The zero-order valence-electron chi connectivity index (χ0n) is 9.67. The third-order valence-corrected chi connectivity index (χ3v) is 4.99. The molecule has 0 unspecified atom stereocenters. The summed E-state index contributed by atoms with van der Waals surface area (Å²) in [7, 11) is 0. The molecule has 0 bridgehead atoms. The molecule has 0 amide bonds. The third-order valence-electron chi connectivity index (χ3n) is 1.90. The molecule has 2 aromatic heterocycles. The molecule has 0 radical (unpaired) electrons. The fraction of sp³-hybridized carbons (Fsp3) is 0.333. The van der Waals surface area contributed by atoms with Gasteiger partial charge in [-0.3, -0.25) is 10.1 Å². The van der Waals surface area contributed by atoms with Crippen molar-refractivity contribution in [3.8, 4) is 0 Å². The molecule has 2 rings (SSSR count). The molecule has 0 spiro atoms. The molecule has 0 atom stereocenters. The minimum absolute atomic E-state index is 0.165.